The number of aryl methyl sites for hydroxylation is 1. The zero-order valence-electron chi connectivity index (χ0n) is 17.9. The number of hydrogen-bond donors (Lipinski definition) is 3. The summed E-state index contributed by atoms with van der Waals surface area (Å²) in [5.74, 6) is 0.221. The van der Waals surface area contributed by atoms with Gasteiger partial charge >= 0.3 is 6.03 Å². The van der Waals surface area contributed by atoms with Crippen molar-refractivity contribution in [2.75, 3.05) is 31.6 Å². The molecular weight excluding hydrogens is 437 g/mol. The second kappa shape index (κ2) is 9.56. The fourth-order valence-corrected chi connectivity index (χ4v) is 3.99. The summed E-state index contributed by atoms with van der Waals surface area (Å²) in [4.78, 5) is 26.9. The van der Waals surface area contributed by atoms with Gasteiger partial charge in [0.1, 0.15) is 11.6 Å². The monoisotopic (exact) mass is 463 g/mol. The van der Waals surface area contributed by atoms with Gasteiger partial charge < -0.3 is 15.3 Å². The number of Topliss-reactive ketones (excluding diaryl/α,β-unsaturated/α-hetero) is 1. The SMILES string of the molecule is Cn1nc(C2CC2)cc1NC(=O)N[C@H](CO)CCN1CC(C(=O)c2ccc(Cl)c(F)c2)C1. The third-order valence-electron chi connectivity index (χ3n) is 6.02. The van der Waals surface area contributed by atoms with Gasteiger partial charge in [-0.25, -0.2) is 9.18 Å². The van der Waals surface area contributed by atoms with Crippen molar-refractivity contribution in [1.82, 2.24) is 20.0 Å². The molecule has 8 nitrogen and oxygen atoms in total. The molecule has 2 fully saturated rings. The van der Waals surface area contributed by atoms with Crippen molar-refractivity contribution >= 4 is 29.2 Å². The number of hydrogen-bond acceptors (Lipinski definition) is 5. The smallest absolute Gasteiger partial charge is 0.320 e. The maximum absolute atomic E-state index is 13.6. The topological polar surface area (TPSA) is 99.5 Å². The van der Waals surface area contributed by atoms with Crippen LogP contribution in [-0.4, -0.2) is 63.9 Å². The summed E-state index contributed by atoms with van der Waals surface area (Å²) in [6.07, 6.45) is 2.81. The Morgan fingerprint density at radius 2 is 2.06 bits per heavy atom. The molecule has 4 rings (SSSR count). The molecule has 2 aromatic rings. The summed E-state index contributed by atoms with van der Waals surface area (Å²) in [5.41, 5.74) is 1.31. The Bertz CT molecular complexity index is 1000. The number of carbonyl (C=O) groups excluding carboxylic acids is 2. The number of benzene rings is 1. The molecular formula is C22H27ClFN5O3. The predicted molar refractivity (Wildman–Crippen MR) is 118 cm³/mol. The van der Waals surface area contributed by atoms with E-state index in [2.05, 4.69) is 20.6 Å². The molecule has 2 aliphatic rings. The molecule has 1 saturated carbocycles. The van der Waals surface area contributed by atoms with Gasteiger partial charge in [0, 0.05) is 50.1 Å². The number of nitrogens with one attached hydrogen (secondary N) is 2. The number of aromatic nitrogens is 2. The Morgan fingerprint density at radius 3 is 2.72 bits per heavy atom. The van der Waals surface area contributed by atoms with Crippen LogP contribution in [0.25, 0.3) is 0 Å². The van der Waals surface area contributed by atoms with Gasteiger partial charge in [-0.1, -0.05) is 11.6 Å². The minimum atomic E-state index is -0.598. The van der Waals surface area contributed by atoms with E-state index >= 15 is 0 Å². The van der Waals surface area contributed by atoms with Crippen molar-refractivity contribution in [3.05, 3.63) is 46.4 Å². The number of amides is 2. The number of likely N-dealkylation sites (tertiary alicyclic amines) is 1. The van der Waals surface area contributed by atoms with E-state index in [-0.39, 0.29) is 23.3 Å². The summed E-state index contributed by atoms with van der Waals surface area (Å²) in [6, 6.07) is 5.18. The first-order valence-corrected chi connectivity index (χ1v) is 11.2. The van der Waals surface area contributed by atoms with Crippen LogP contribution in [0.15, 0.2) is 24.3 Å². The number of halogens is 2. The molecule has 1 saturated heterocycles. The Hall–Kier alpha value is -2.49. The molecule has 2 heterocycles. The maximum atomic E-state index is 13.6. The zero-order chi connectivity index (χ0) is 22.8. The molecule has 0 spiro atoms. The number of aliphatic hydroxyl groups excluding tert-OH is 1. The van der Waals surface area contributed by atoms with Gasteiger partial charge in [0.05, 0.1) is 23.4 Å². The van der Waals surface area contributed by atoms with Crippen molar-refractivity contribution in [2.24, 2.45) is 13.0 Å². The van der Waals surface area contributed by atoms with Gasteiger partial charge in [-0.05, 0) is 37.5 Å². The molecule has 0 radical (unpaired) electrons. The number of nitrogens with zero attached hydrogens (tertiary/aromatic N) is 3. The molecule has 1 aliphatic heterocycles. The molecule has 1 aliphatic carbocycles. The van der Waals surface area contributed by atoms with Gasteiger partial charge in [0.15, 0.2) is 5.78 Å². The molecule has 172 valence electrons. The first kappa shape index (κ1) is 22.7. The van der Waals surface area contributed by atoms with Crippen molar-refractivity contribution in [2.45, 2.75) is 31.2 Å². The van der Waals surface area contributed by atoms with Crippen LogP contribution in [0.4, 0.5) is 15.0 Å². The second-order valence-corrected chi connectivity index (χ2v) is 8.98. The second-order valence-electron chi connectivity index (χ2n) is 8.57. The molecule has 1 atom stereocenters. The van der Waals surface area contributed by atoms with Crippen LogP contribution < -0.4 is 10.6 Å². The summed E-state index contributed by atoms with van der Waals surface area (Å²) >= 11 is 5.67. The largest absolute Gasteiger partial charge is 0.394 e. The highest BCUT2D eigenvalue weighted by Gasteiger charge is 2.33. The van der Waals surface area contributed by atoms with Gasteiger partial charge in [0.25, 0.3) is 0 Å². The lowest BCUT2D eigenvalue weighted by atomic mass is 9.90. The van der Waals surface area contributed by atoms with E-state index in [1.807, 2.05) is 6.07 Å². The van der Waals surface area contributed by atoms with Crippen LogP contribution in [0.2, 0.25) is 5.02 Å². The molecule has 0 unspecified atom stereocenters. The number of urea groups is 1. The summed E-state index contributed by atoms with van der Waals surface area (Å²) < 4.78 is 15.2. The first-order chi connectivity index (χ1) is 15.3. The average Bonchev–Trinajstić information content (AvgIpc) is 3.52. The van der Waals surface area contributed by atoms with Crippen molar-refractivity contribution in [1.29, 1.82) is 0 Å². The van der Waals surface area contributed by atoms with Crippen molar-refractivity contribution < 1.29 is 19.1 Å². The number of aliphatic hydroxyl groups is 1. The molecule has 2 amide bonds. The van der Waals surface area contributed by atoms with E-state index in [0.29, 0.717) is 43.4 Å². The van der Waals surface area contributed by atoms with Crippen LogP contribution in [0.3, 0.4) is 0 Å². The quantitative estimate of drug-likeness (QED) is 0.496. The van der Waals surface area contributed by atoms with E-state index in [1.165, 1.54) is 18.2 Å². The Balaban J connectivity index is 1.20. The average molecular weight is 464 g/mol. The highest BCUT2D eigenvalue weighted by atomic mass is 35.5. The first-order valence-electron chi connectivity index (χ1n) is 10.8. The molecule has 32 heavy (non-hydrogen) atoms. The van der Waals surface area contributed by atoms with Crippen molar-refractivity contribution in [3.63, 3.8) is 0 Å². The standard InChI is InChI=1S/C22H27ClFN5O3/c1-28-20(9-19(27-28)13-2-3-13)26-22(32)25-16(12-30)6-7-29-10-15(11-29)21(31)14-4-5-17(23)18(24)8-14/h4-5,8-9,13,15-16,30H,2-3,6-7,10-12H2,1H3,(H2,25,26,32)/t16-/m0/s1. The number of carbonyl (C=O) groups is 2. The molecule has 1 aromatic carbocycles. The van der Waals surface area contributed by atoms with Crippen LogP contribution in [-0.2, 0) is 7.05 Å². The lowest BCUT2D eigenvalue weighted by molar-refractivity contribution is 0.0600. The molecule has 3 N–H and O–H groups in total. The van der Waals surface area contributed by atoms with E-state index in [0.717, 1.165) is 18.5 Å². The van der Waals surface area contributed by atoms with Crippen molar-refractivity contribution in [3.8, 4) is 0 Å². The van der Waals surface area contributed by atoms with Crippen LogP contribution in [0.5, 0.6) is 0 Å². The molecule has 0 bridgehead atoms. The fraction of sp³-hybridized carbons (Fsp3) is 0.500. The Labute approximate surface area is 190 Å². The summed E-state index contributed by atoms with van der Waals surface area (Å²) in [6.45, 7) is 1.56. The van der Waals surface area contributed by atoms with Gasteiger partial charge in [-0.15, -0.1) is 0 Å². The molecule has 1 aromatic heterocycles. The molecule has 10 heteroatoms. The minimum absolute atomic E-state index is 0.00452. The predicted octanol–water partition coefficient (Wildman–Crippen LogP) is 2.78. The van der Waals surface area contributed by atoms with Gasteiger partial charge in [-0.2, -0.15) is 5.10 Å². The Morgan fingerprint density at radius 1 is 1.31 bits per heavy atom. The maximum Gasteiger partial charge on any atom is 0.320 e. The third kappa shape index (κ3) is 5.28. The lowest BCUT2D eigenvalue weighted by Gasteiger charge is -2.39. The minimum Gasteiger partial charge on any atom is -0.394 e. The number of ketones is 1. The highest BCUT2D eigenvalue weighted by molar-refractivity contribution is 6.30. The van der Waals surface area contributed by atoms with E-state index < -0.39 is 17.9 Å². The van der Waals surface area contributed by atoms with E-state index in [9.17, 15) is 19.1 Å². The van der Waals surface area contributed by atoms with Gasteiger partial charge in [0.2, 0.25) is 0 Å². The highest BCUT2D eigenvalue weighted by Crippen LogP contribution is 2.39. The zero-order valence-corrected chi connectivity index (χ0v) is 18.6. The summed E-state index contributed by atoms with van der Waals surface area (Å²) in [5, 5.41) is 19.6. The van der Waals surface area contributed by atoms with Gasteiger partial charge in [-0.3, -0.25) is 14.8 Å². The number of rotatable bonds is 9. The summed E-state index contributed by atoms with van der Waals surface area (Å²) in [7, 11) is 1.78. The van der Waals surface area contributed by atoms with Crippen LogP contribution >= 0.6 is 11.6 Å². The van der Waals surface area contributed by atoms with E-state index in [4.69, 9.17) is 11.6 Å². The van der Waals surface area contributed by atoms with Crippen LogP contribution in [0.1, 0.15) is 41.2 Å². The Kier molecular flexibility index (Phi) is 6.78. The fourth-order valence-electron chi connectivity index (χ4n) is 3.87. The van der Waals surface area contributed by atoms with Crippen LogP contribution in [0, 0.1) is 11.7 Å². The third-order valence-corrected chi connectivity index (χ3v) is 6.32. The lowest BCUT2D eigenvalue weighted by Crippen LogP contribution is -2.52. The normalized spacial score (nSPS) is 17.6. The number of anilines is 1. The van der Waals surface area contributed by atoms with E-state index in [1.54, 1.807) is 11.7 Å².